The molecule has 5 nitrogen and oxygen atoms in total. The smallest absolute Gasteiger partial charge is 0.224 e. The molecule has 20 heavy (non-hydrogen) atoms. The number of amides is 2. The van der Waals surface area contributed by atoms with Gasteiger partial charge in [-0.3, -0.25) is 9.59 Å². The number of carbonyl (C=O) groups excluding carboxylic acids is 2. The summed E-state index contributed by atoms with van der Waals surface area (Å²) in [4.78, 5) is 22.7. The van der Waals surface area contributed by atoms with Gasteiger partial charge in [-0.15, -0.1) is 0 Å². The molecule has 0 saturated heterocycles. The Morgan fingerprint density at radius 1 is 1.00 bits per heavy atom. The molecule has 5 heteroatoms. The molecule has 0 aliphatic rings. The van der Waals surface area contributed by atoms with E-state index in [9.17, 15) is 9.59 Å². The van der Waals surface area contributed by atoms with Crippen LogP contribution in [0.1, 0.15) is 25.8 Å². The Hall–Kier alpha value is -2.04. The monoisotopic (exact) mass is 278 g/mol. The summed E-state index contributed by atoms with van der Waals surface area (Å²) in [5, 5.41) is 5.47. The summed E-state index contributed by atoms with van der Waals surface area (Å²) in [5.74, 6) is 0.740. The van der Waals surface area contributed by atoms with Gasteiger partial charge in [-0.05, 0) is 24.6 Å². The average Bonchev–Trinajstić information content (AvgIpc) is 2.45. The van der Waals surface area contributed by atoms with Crippen molar-refractivity contribution in [2.75, 3.05) is 19.7 Å². The van der Waals surface area contributed by atoms with E-state index in [4.69, 9.17) is 4.74 Å². The lowest BCUT2D eigenvalue weighted by atomic mass is 10.1. The fourth-order valence-corrected chi connectivity index (χ4v) is 1.65. The molecule has 0 aromatic heterocycles. The van der Waals surface area contributed by atoms with Crippen LogP contribution in [0.15, 0.2) is 24.3 Å². The van der Waals surface area contributed by atoms with Gasteiger partial charge in [0.1, 0.15) is 5.75 Å². The van der Waals surface area contributed by atoms with Gasteiger partial charge in [-0.2, -0.15) is 0 Å². The van der Waals surface area contributed by atoms with Crippen LogP contribution in [0, 0.1) is 0 Å². The average molecular weight is 278 g/mol. The molecule has 0 spiro atoms. The summed E-state index contributed by atoms with van der Waals surface area (Å²) in [6.07, 6.45) is 0.786. The van der Waals surface area contributed by atoms with Crippen molar-refractivity contribution in [3.8, 4) is 5.75 Å². The van der Waals surface area contributed by atoms with Gasteiger partial charge in [0.15, 0.2) is 0 Å². The Morgan fingerprint density at radius 3 is 2.15 bits per heavy atom. The maximum absolute atomic E-state index is 11.7. The molecule has 1 aromatic rings. The molecule has 1 aromatic carbocycles. The zero-order valence-electron chi connectivity index (χ0n) is 12.1. The molecule has 0 heterocycles. The van der Waals surface area contributed by atoms with Crippen LogP contribution in [0.4, 0.5) is 0 Å². The second-order valence-electron chi connectivity index (χ2n) is 4.31. The third-order valence-corrected chi connectivity index (χ3v) is 2.69. The Bertz CT molecular complexity index is 429. The minimum Gasteiger partial charge on any atom is -0.494 e. The van der Waals surface area contributed by atoms with E-state index in [1.165, 1.54) is 0 Å². The van der Waals surface area contributed by atoms with E-state index in [1.807, 2.05) is 31.2 Å². The Morgan fingerprint density at radius 2 is 1.60 bits per heavy atom. The Labute approximate surface area is 119 Å². The highest BCUT2D eigenvalue weighted by Crippen LogP contribution is 2.12. The zero-order chi connectivity index (χ0) is 14.8. The van der Waals surface area contributed by atoms with Crippen LogP contribution in [0.25, 0.3) is 0 Å². The first-order valence-electron chi connectivity index (χ1n) is 6.90. The molecular weight excluding hydrogens is 256 g/mol. The fourth-order valence-electron chi connectivity index (χ4n) is 1.65. The highest BCUT2D eigenvalue weighted by atomic mass is 16.5. The number of hydrogen-bond acceptors (Lipinski definition) is 3. The van der Waals surface area contributed by atoms with Crippen molar-refractivity contribution >= 4 is 11.8 Å². The van der Waals surface area contributed by atoms with E-state index < -0.39 is 0 Å². The van der Waals surface area contributed by atoms with Gasteiger partial charge in [0, 0.05) is 19.5 Å². The molecule has 2 amide bonds. The van der Waals surface area contributed by atoms with E-state index in [0.29, 0.717) is 32.5 Å². The van der Waals surface area contributed by atoms with Gasteiger partial charge in [0.25, 0.3) is 0 Å². The third-order valence-electron chi connectivity index (χ3n) is 2.69. The SMILES string of the molecule is CCOc1ccc(CC(=O)NCCNC(=O)CC)cc1. The fraction of sp³-hybridized carbons (Fsp3) is 0.467. The van der Waals surface area contributed by atoms with E-state index in [-0.39, 0.29) is 11.8 Å². The van der Waals surface area contributed by atoms with Gasteiger partial charge in [-0.1, -0.05) is 19.1 Å². The normalized spacial score (nSPS) is 9.90. The van der Waals surface area contributed by atoms with Crippen LogP contribution >= 0.6 is 0 Å². The third kappa shape index (κ3) is 6.22. The number of hydrogen-bond donors (Lipinski definition) is 2. The number of nitrogens with one attached hydrogen (secondary N) is 2. The lowest BCUT2D eigenvalue weighted by Crippen LogP contribution is -2.35. The molecule has 1 rings (SSSR count). The van der Waals surface area contributed by atoms with Crippen LogP contribution in [0.3, 0.4) is 0 Å². The van der Waals surface area contributed by atoms with Crippen LogP contribution in [0.5, 0.6) is 5.75 Å². The van der Waals surface area contributed by atoms with Crippen molar-refractivity contribution < 1.29 is 14.3 Å². The number of benzene rings is 1. The molecule has 0 saturated carbocycles. The lowest BCUT2D eigenvalue weighted by molar-refractivity contribution is -0.122. The summed E-state index contributed by atoms with van der Waals surface area (Å²) in [6.45, 7) is 5.26. The summed E-state index contributed by atoms with van der Waals surface area (Å²) in [5.41, 5.74) is 0.934. The van der Waals surface area contributed by atoms with Gasteiger partial charge in [-0.25, -0.2) is 0 Å². The molecule has 110 valence electrons. The van der Waals surface area contributed by atoms with Crippen molar-refractivity contribution in [3.63, 3.8) is 0 Å². The maximum atomic E-state index is 11.7. The van der Waals surface area contributed by atoms with Gasteiger partial charge in [0.05, 0.1) is 13.0 Å². The van der Waals surface area contributed by atoms with Crippen molar-refractivity contribution in [2.45, 2.75) is 26.7 Å². The molecule has 0 aliphatic heterocycles. The van der Waals surface area contributed by atoms with E-state index in [0.717, 1.165) is 11.3 Å². The first kappa shape index (κ1) is 16.0. The maximum Gasteiger partial charge on any atom is 0.224 e. The summed E-state index contributed by atoms with van der Waals surface area (Å²) < 4.78 is 5.34. The predicted octanol–water partition coefficient (Wildman–Crippen LogP) is 1.27. The van der Waals surface area contributed by atoms with Gasteiger partial charge >= 0.3 is 0 Å². The summed E-state index contributed by atoms with van der Waals surface area (Å²) in [7, 11) is 0. The Kier molecular flexibility index (Phi) is 7.17. The van der Waals surface area contributed by atoms with Gasteiger partial charge < -0.3 is 15.4 Å². The molecule has 0 atom stereocenters. The van der Waals surface area contributed by atoms with Crippen molar-refractivity contribution in [1.82, 2.24) is 10.6 Å². The van der Waals surface area contributed by atoms with E-state index in [1.54, 1.807) is 6.92 Å². The van der Waals surface area contributed by atoms with Crippen LogP contribution < -0.4 is 15.4 Å². The van der Waals surface area contributed by atoms with E-state index >= 15 is 0 Å². The van der Waals surface area contributed by atoms with Crippen molar-refractivity contribution in [3.05, 3.63) is 29.8 Å². The minimum absolute atomic E-state index is 0.00855. The summed E-state index contributed by atoms with van der Waals surface area (Å²) >= 11 is 0. The lowest BCUT2D eigenvalue weighted by Gasteiger charge is -2.07. The summed E-state index contributed by atoms with van der Waals surface area (Å²) in [6, 6.07) is 7.47. The standard InChI is InChI=1S/C15H22N2O3/c1-3-14(18)16-9-10-17-15(19)11-12-5-7-13(8-6-12)20-4-2/h5-8H,3-4,9-11H2,1-2H3,(H,16,18)(H,17,19). The topological polar surface area (TPSA) is 67.4 Å². The molecule has 0 radical (unpaired) electrons. The number of carbonyl (C=O) groups is 2. The Balaban J connectivity index is 2.26. The molecule has 0 unspecified atom stereocenters. The zero-order valence-corrected chi connectivity index (χ0v) is 12.1. The minimum atomic E-state index is -0.0556. The molecular formula is C15H22N2O3. The van der Waals surface area contributed by atoms with E-state index in [2.05, 4.69) is 10.6 Å². The second-order valence-corrected chi connectivity index (χ2v) is 4.31. The first-order chi connectivity index (χ1) is 9.65. The molecule has 0 fully saturated rings. The van der Waals surface area contributed by atoms with Gasteiger partial charge in [0.2, 0.25) is 11.8 Å². The number of ether oxygens (including phenoxy) is 1. The van der Waals surface area contributed by atoms with Crippen molar-refractivity contribution in [2.24, 2.45) is 0 Å². The highest BCUT2D eigenvalue weighted by molar-refractivity contribution is 5.78. The van der Waals surface area contributed by atoms with Crippen LogP contribution in [-0.2, 0) is 16.0 Å². The van der Waals surface area contributed by atoms with Crippen LogP contribution in [0.2, 0.25) is 0 Å². The first-order valence-corrected chi connectivity index (χ1v) is 6.90. The quantitative estimate of drug-likeness (QED) is 0.704. The van der Waals surface area contributed by atoms with Crippen molar-refractivity contribution in [1.29, 1.82) is 0 Å². The predicted molar refractivity (Wildman–Crippen MR) is 77.6 cm³/mol. The largest absolute Gasteiger partial charge is 0.494 e. The second kappa shape index (κ2) is 8.96. The molecule has 0 aliphatic carbocycles. The molecule has 2 N–H and O–H groups in total. The molecule has 0 bridgehead atoms. The number of rotatable bonds is 8. The van der Waals surface area contributed by atoms with Crippen LogP contribution in [-0.4, -0.2) is 31.5 Å². The highest BCUT2D eigenvalue weighted by Gasteiger charge is 2.03.